The Morgan fingerprint density at radius 1 is 1.29 bits per heavy atom. The lowest BCUT2D eigenvalue weighted by Gasteiger charge is -2.22. The third-order valence-electron chi connectivity index (χ3n) is 4.94. The molecular weight excluding hydrogens is 392 g/mol. The number of thiazole rings is 1. The van der Waals surface area contributed by atoms with Crippen molar-refractivity contribution in [1.29, 1.82) is 0 Å². The van der Waals surface area contributed by atoms with Crippen LogP contribution in [-0.2, 0) is 6.54 Å². The normalized spacial score (nSPS) is 17.0. The molecule has 1 fully saturated rings. The first-order chi connectivity index (χ1) is 13.6. The molecule has 0 spiro atoms. The van der Waals surface area contributed by atoms with Crippen molar-refractivity contribution in [1.82, 2.24) is 14.9 Å². The molecule has 4 rings (SSSR count). The highest BCUT2D eigenvalue weighted by Crippen LogP contribution is 2.34. The molecule has 1 aromatic carbocycles. The molecule has 1 saturated heterocycles. The van der Waals surface area contributed by atoms with Gasteiger partial charge in [0.15, 0.2) is 5.13 Å². The molecule has 1 aliphatic heterocycles. The third kappa shape index (κ3) is 4.41. The number of hydrogen-bond donors (Lipinski definition) is 1. The Bertz CT molecular complexity index is 955. The third-order valence-corrected chi connectivity index (χ3v) is 5.94. The zero-order valence-corrected chi connectivity index (χ0v) is 17.1. The number of nitrogens with one attached hydrogen (secondary N) is 1. The zero-order chi connectivity index (χ0) is 19.5. The molecule has 0 radical (unpaired) electrons. The number of anilines is 1. The number of hydrogen-bond acceptors (Lipinski definition) is 5. The Morgan fingerprint density at radius 3 is 2.86 bits per heavy atom. The Kier molecular flexibility index (Phi) is 5.71. The number of aryl methyl sites for hydroxylation is 1. The van der Waals surface area contributed by atoms with Crippen LogP contribution in [0, 0.1) is 6.92 Å². The van der Waals surface area contributed by atoms with Crippen LogP contribution in [-0.4, -0.2) is 27.3 Å². The van der Waals surface area contributed by atoms with Crippen molar-refractivity contribution in [2.75, 3.05) is 11.9 Å². The second kappa shape index (κ2) is 8.39. The van der Waals surface area contributed by atoms with Crippen molar-refractivity contribution in [3.8, 4) is 0 Å². The van der Waals surface area contributed by atoms with E-state index < -0.39 is 0 Å². The van der Waals surface area contributed by atoms with Crippen molar-refractivity contribution in [3.05, 3.63) is 75.5 Å². The molecule has 1 aliphatic rings. The summed E-state index contributed by atoms with van der Waals surface area (Å²) in [5.74, 6) is -0.128. The molecule has 2 aromatic heterocycles. The maximum Gasteiger partial charge on any atom is 0.257 e. The van der Waals surface area contributed by atoms with Crippen molar-refractivity contribution < 1.29 is 4.79 Å². The molecule has 0 bridgehead atoms. The highest BCUT2D eigenvalue weighted by atomic mass is 35.5. The van der Waals surface area contributed by atoms with Crippen LogP contribution in [0.3, 0.4) is 0 Å². The highest BCUT2D eigenvalue weighted by molar-refractivity contribution is 7.14. The van der Waals surface area contributed by atoms with Crippen molar-refractivity contribution in [2.24, 2.45) is 0 Å². The SMILES string of the molecule is Cc1ccc(C(=O)Nc2nc([C@H]3CCCN3Cc3ccc(Cl)nc3)cs2)cc1. The minimum absolute atomic E-state index is 0.128. The minimum Gasteiger partial charge on any atom is -0.298 e. The Hall–Kier alpha value is -2.28. The predicted molar refractivity (Wildman–Crippen MR) is 113 cm³/mol. The number of carbonyl (C=O) groups is 1. The molecule has 28 heavy (non-hydrogen) atoms. The fourth-order valence-electron chi connectivity index (χ4n) is 3.46. The first kappa shape index (κ1) is 19.1. The van der Waals surface area contributed by atoms with Gasteiger partial charge in [0.2, 0.25) is 0 Å². The number of aromatic nitrogens is 2. The average Bonchev–Trinajstić information content (AvgIpc) is 3.33. The van der Waals surface area contributed by atoms with E-state index in [4.69, 9.17) is 11.6 Å². The minimum atomic E-state index is -0.128. The summed E-state index contributed by atoms with van der Waals surface area (Å²) in [7, 11) is 0. The molecule has 0 unspecified atom stereocenters. The lowest BCUT2D eigenvalue weighted by atomic mass is 10.1. The molecule has 1 N–H and O–H groups in total. The average molecular weight is 413 g/mol. The maximum atomic E-state index is 12.4. The van der Waals surface area contributed by atoms with E-state index >= 15 is 0 Å². The molecule has 3 aromatic rings. The van der Waals surface area contributed by atoms with Crippen molar-refractivity contribution >= 4 is 34.0 Å². The first-order valence-electron chi connectivity index (χ1n) is 9.26. The van der Waals surface area contributed by atoms with Crippen LogP contribution in [0.15, 0.2) is 48.0 Å². The fourth-order valence-corrected chi connectivity index (χ4v) is 4.32. The summed E-state index contributed by atoms with van der Waals surface area (Å²) >= 11 is 7.35. The molecular formula is C21H21ClN4OS. The zero-order valence-electron chi connectivity index (χ0n) is 15.6. The van der Waals surface area contributed by atoms with Gasteiger partial charge in [-0.05, 0) is 50.1 Å². The Labute approximate surface area is 173 Å². The summed E-state index contributed by atoms with van der Waals surface area (Å²) in [4.78, 5) is 23.7. The molecule has 1 atom stereocenters. The summed E-state index contributed by atoms with van der Waals surface area (Å²) in [6.07, 6.45) is 4.02. The Morgan fingerprint density at radius 2 is 2.11 bits per heavy atom. The second-order valence-corrected chi connectivity index (χ2v) is 8.26. The highest BCUT2D eigenvalue weighted by Gasteiger charge is 2.28. The molecule has 144 valence electrons. The van der Waals surface area contributed by atoms with E-state index in [2.05, 4.69) is 20.2 Å². The fraction of sp³-hybridized carbons (Fsp3) is 0.286. The van der Waals surface area contributed by atoms with Crippen LogP contribution in [0.1, 0.15) is 46.1 Å². The largest absolute Gasteiger partial charge is 0.298 e. The van der Waals surface area contributed by atoms with E-state index in [1.165, 1.54) is 11.3 Å². The van der Waals surface area contributed by atoms with E-state index in [0.29, 0.717) is 15.8 Å². The van der Waals surface area contributed by atoms with Crippen LogP contribution in [0.2, 0.25) is 5.15 Å². The van der Waals surface area contributed by atoms with Crippen LogP contribution in [0.25, 0.3) is 0 Å². The standard InChI is InChI=1S/C21H21ClN4OS/c1-14-4-7-16(8-5-14)20(27)25-21-24-17(13-28-21)18-3-2-10-26(18)12-15-6-9-19(22)23-11-15/h4-9,11,13,18H,2-3,10,12H2,1H3,(H,24,25,27)/t18-/m1/s1. The van der Waals surface area contributed by atoms with Gasteiger partial charge < -0.3 is 0 Å². The van der Waals surface area contributed by atoms with Gasteiger partial charge in [0, 0.05) is 23.7 Å². The van der Waals surface area contributed by atoms with Crippen LogP contribution in [0.5, 0.6) is 0 Å². The summed E-state index contributed by atoms with van der Waals surface area (Å²) in [5, 5.41) is 6.12. The van der Waals surface area contributed by atoms with Gasteiger partial charge in [-0.2, -0.15) is 0 Å². The smallest absolute Gasteiger partial charge is 0.257 e. The van der Waals surface area contributed by atoms with E-state index in [-0.39, 0.29) is 11.9 Å². The topological polar surface area (TPSA) is 58.1 Å². The molecule has 1 amide bonds. The number of amides is 1. The number of nitrogens with zero attached hydrogens (tertiary/aromatic N) is 3. The van der Waals surface area contributed by atoms with Gasteiger partial charge in [0.05, 0.1) is 11.7 Å². The van der Waals surface area contributed by atoms with Gasteiger partial charge >= 0.3 is 0 Å². The van der Waals surface area contributed by atoms with Gasteiger partial charge in [0.1, 0.15) is 5.15 Å². The summed E-state index contributed by atoms with van der Waals surface area (Å²) in [6, 6.07) is 11.6. The molecule has 5 nitrogen and oxygen atoms in total. The van der Waals surface area contributed by atoms with E-state index in [0.717, 1.165) is 42.8 Å². The van der Waals surface area contributed by atoms with Gasteiger partial charge in [-0.25, -0.2) is 9.97 Å². The predicted octanol–water partition coefficient (Wildman–Crippen LogP) is 5.09. The number of halogens is 1. The molecule has 0 saturated carbocycles. The lowest BCUT2D eigenvalue weighted by molar-refractivity contribution is 0.102. The summed E-state index contributed by atoms with van der Waals surface area (Å²) in [5.41, 5.74) is 3.92. The maximum absolute atomic E-state index is 12.4. The summed E-state index contributed by atoms with van der Waals surface area (Å²) < 4.78 is 0. The van der Waals surface area contributed by atoms with E-state index in [1.807, 2.05) is 54.9 Å². The van der Waals surface area contributed by atoms with E-state index in [1.54, 1.807) is 0 Å². The Balaban J connectivity index is 1.43. The van der Waals surface area contributed by atoms with E-state index in [9.17, 15) is 4.79 Å². The van der Waals surface area contributed by atoms with Crippen molar-refractivity contribution in [3.63, 3.8) is 0 Å². The van der Waals surface area contributed by atoms with Crippen LogP contribution in [0.4, 0.5) is 5.13 Å². The van der Waals surface area contributed by atoms with Crippen LogP contribution < -0.4 is 5.32 Å². The van der Waals surface area contributed by atoms with Crippen molar-refractivity contribution in [2.45, 2.75) is 32.4 Å². The molecule has 3 heterocycles. The summed E-state index contributed by atoms with van der Waals surface area (Å²) in [6.45, 7) is 3.84. The number of benzene rings is 1. The number of rotatable bonds is 5. The second-order valence-electron chi connectivity index (χ2n) is 7.02. The molecule has 7 heteroatoms. The number of carbonyl (C=O) groups excluding carboxylic acids is 1. The van der Waals surface area contributed by atoms with Crippen LogP contribution >= 0.6 is 22.9 Å². The van der Waals surface area contributed by atoms with Gasteiger partial charge in [0.25, 0.3) is 5.91 Å². The first-order valence-corrected chi connectivity index (χ1v) is 10.5. The quantitative estimate of drug-likeness (QED) is 0.593. The monoisotopic (exact) mass is 412 g/mol. The molecule has 0 aliphatic carbocycles. The lowest BCUT2D eigenvalue weighted by Crippen LogP contribution is -2.23. The number of pyridine rings is 1. The van der Waals surface area contributed by atoms with Gasteiger partial charge in [-0.15, -0.1) is 11.3 Å². The van der Waals surface area contributed by atoms with Gasteiger partial charge in [-0.1, -0.05) is 35.4 Å². The van der Waals surface area contributed by atoms with Gasteiger partial charge in [-0.3, -0.25) is 15.0 Å². The number of likely N-dealkylation sites (tertiary alicyclic amines) is 1.